The summed E-state index contributed by atoms with van der Waals surface area (Å²) in [5, 5.41) is 13.9. The second-order valence-electron chi connectivity index (χ2n) is 20.3. The Balaban J connectivity index is 1.42. The number of Topliss-reactive ketones (excluding diaryl/α,β-unsaturated/α-hetero) is 1. The number of hydrogen-bond acceptors (Lipinski definition) is 14. The minimum absolute atomic E-state index is 0.150. The molecule has 5 aliphatic rings. The Kier molecular flexibility index (Phi) is 11.8. The van der Waals surface area contributed by atoms with Crippen molar-refractivity contribution < 1.29 is 67.0 Å². The van der Waals surface area contributed by atoms with E-state index in [-0.39, 0.29) is 24.2 Å². The average Bonchev–Trinajstić information content (AvgIpc) is 3.49. The molecule has 15 heteroatoms. The highest BCUT2D eigenvalue weighted by Crippen LogP contribution is 2.66. The van der Waals surface area contributed by atoms with E-state index in [1.165, 1.54) is 18.7 Å². The van der Waals surface area contributed by atoms with Crippen molar-refractivity contribution in [3.05, 3.63) is 82.9 Å². The molecular weight excluding hydrogens is 827 g/mol. The van der Waals surface area contributed by atoms with Gasteiger partial charge in [-0.15, -0.1) is 0 Å². The van der Waals surface area contributed by atoms with Crippen LogP contribution in [0.1, 0.15) is 118 Å². The quantitative estimate of drug-likeness (QED) is 0.178. The maximum atomic E-state index is 15.8. The Labute approximate surface area is 374 Å². The second-order valence-corrected chi connectivity index (χ2v) is 20.3. The van der Waals surface area contributed by atoms with Crippen molar-refractivity contribution in [2.75, 3.05) is 6.61 Å². The Bertz CT molecular complexity index is 2250. The van der Waals surface area contributed by atoms with E-state index in [1.54, 1.807) is 123 Å². The van der Waals surface area contributed by atoms with Crippen LogP contribution in [0.25, 0.3) is 0 Å². The fraction of sp³-hybridized carbons (Fsp3) is 0.592. The number of esters is 4. The molecule has 0 spiro atoms. The largest absolute Gasteiger partial charge is 0.456 e. The first kappa shape index (κ1) is 46.9. The van der Waals surface area contributed by atoms with Crippen LogP contribution in [-0.4, -0.2) is 105 Å². The van der Waals surface area contributed by atoms with E-state index in [1.807, 2.05) is 6.92 Å². The third-order valence-corrected chi connectivity index (χ3v) is 14.4. The molecule has 7 rings (SSSR count). The van der Waals surface area contributed by atoms with Gasteiger partial charge in [-0.25, -0.2) is 14.4 Å². The first-order chi connectivity index (χ1) is 29.7. The maximum Gasteiger partial charge on any atom is 0.413 e. The standard InChI is InChI=1S/C49H61NO14/c1-26-23-33-48(25-58-33,62-29(4)52)38-40(61-41(54)31-21-17-14-18-22-31)49(57)24-32(27(2)34(45(49,8)9)36(59-28(3)51)39(53)47(26,38)12)60-42(55)37-35(30-19-15-13-16-20-30)50(46(10,11)63-37)43(56)64-44(5,6)7/h13-22,26,32-33,35-38,40,57H,23-25H2,1-12H3/t26-,32-,33+,35-,36+,37+,38?,40?,47+,48-,49+/m0/s1. The zero-order valence-electron chi connectivity index (χ0n) is 38.7. The Hall–Kier alpha value is -5.12. The molecular formula is C49H61NO14. The molecule has 64 heavy (non-hydrogen) atoms. The number of carbonyl (C=O) groups is 6. The number of carbonyl (C=O) groups excluding carboxylic acids is 6. The van der Waals surface area contributed by atoms with Crippen LogP contribution in [0.4, 0.5) is 4.79 Å². The summed E-state index contributed by atoms with van der Waals surface area (Å²) in [4.78, 5) is 86.7. The lowest BCUT2D eigenvalue weighted by Crippen LogP contribution is -2.80. The highest BCUT2D eigenvalue weighted by Gasteiger charge is 2.78. The fourth-order valence-corrected chi connectivity index (χ4v) is 11.2. The average molecular weight is 888 g/mol. The molecule has 2 unspecified atom stereocenters. The molecule has 4 fully saturated rings. The first-order valence-corrected chi connectivity index (χ1v) is 21.9. The molecule has 2 saturated carbocycles. The molecule has 2 aromatic carbocycles. The van der Waals surface area contributed by atoms with Crippen LogP contribution in [0.3, 0.4) is 0 Å². The second kappa shape index (κ2) is 16.1. The lowest BCUT2D eigenvalue weighted by molar-refractivity contribution is -0.340. The minimum atomic E-state index is -2.25. The molecule has 2 bridgehead atoms. The van der Waals surface area contributed by atoms with E-state index in [9.17, 15) is 29.1 Å². The first-order valence-electron chi connectivity index (χ1n) is 21.9. The summed E-state index contributed by atoms with van der Waals surface area (Å²) < 4.78 is 43.6. The number of hydrogen-bond donors (Lipinski definition) is 1. The third-order valence-electron chi connectivity index (χ3n) is 14.4. The molecule has 346 valence electrons. The molecule has 15 nitrogen and oxygen atoms in total. The zero-order valence-corrected chi connectivity index (χ0v) is 38.7. The number of benzene rings is 2. The lowest BCUT2D eigenvalue weighted by Gasteiger charge is -2.68. The Morgan fingerprint density at radius 1 is 0.859 bits per heavy atom. The van der Waals surface area contributed by atoms with Crippen LogP contribution in [0, 0.1) is 22.7 Å². The number of rotatable bonds is 7. The van der Waals surface area contributed by atoms with Gasteiger partial charge in [0.05, 0.1) is 18.1 Å². The predicted molar refractivity (Wildman–Crippen MR) is 228 cm³/mol. The number of amides is 1. The molecule has 2 aromatic rings. The van der Waals surface area contributed by atoms with Crippen LogP contribution in [0.15, 0.2) is 71.8 Å². The molecule has 2 heterocycles. The van der Waals surface area contributed by atoms with Crippen molar-refractivity contribution in [2.24, 2.45) is 22.7 Å². The number of aliphatic hydroxyl groups is 1. The Morgan fingerprint density at radius 2 is 1.47 bits per heavy atom. The van der Waals surface area contributed by atoms with E-state index in [0.717, 1.165) is 0 Å². The number of nitrogens with zero attached hydrogens (tertiary/aromatic N) is 1. The van der Waals surface area contributed by atoms with Gasteiger partial charge in [-0.2, -0.15) is 0 Å². The summed E-state index contributed by atoms with van der Waals surface area (Å²) in [5.41, 5.74) is -8.10. The molecule has 0 radical (unpaired) electrons. The normalized spacial score (nSPS) is 35.0. The Morgan fingerprint density at radius 3 is 2.02 bits per heavy atom. The van der Waals surface area contributed by atoms with Crippen LogP contribution in [0.2, 0.25) is 0 Å². The van der Waals surface area contributed by atoms with Crippen molar-refractivity contribution in [1.29, 1.82) is 0 Å². The number of ketones is 1. The van der Waals surface area contributed by atoms with Crippen LogP contribution >= 0.6 is 0 Å². The monoisotopic (exact) mass is 887 g/mol. The summed E-state index contributed by atoms with van der Waals surface area (Å²) in [5.74, 6) is -5.63. The molecule has 1 amide bonds. The summed E-state index contributed by atoms with van der Waals surface area (Å²) in [7, 11) is 0. The molecule has 1 N–H and O–H groups in total. The fourth-order valence-electron chi connectivity index (χ4n) is 11.2. The van der Waals surface area contributed by atoms with Gasteiger partial charge in [0.25, 0.3) is 0 Å². The molecule has 0 aromatic heterocycles. The van der Waals surface area contributed by atoms with Crippen LogP contribution < -0.4 is 0 Å². The lowest BCUT2D eigenvalue weighted by atomic mass is 9.43. The van der Waals surface area contributed by atoms with E-state index in [0.29, 0.717) is 11.1 Å². The zero-order chi connectivity index (χ0) is 47.1. The van der Waals surface area contributed by atoms with Crippen molar-refractivity contribution in [3.63, 3.8) is 0 Å². The van der Waals surface area contributed by atoms with Gasteiger partial charge in [0.1, 0.15) is 41.3 Å². The van der Waals surface area contributed by atoms with Gasteiger partial charge in [-0.05, 0) is 82.7 Å². The molecule has 2 saturated heterocycles. The smallest absolute Gasteiger partial charge is 0.413 e. The molecule has 3 aliphatic carbocycles. The van der Waals surface area contributed by atoms with E-state index in [4.69, 9.17) is 33.2 Å². The molecule has 11 atom stereocenters. The van der Waals surface area contributed by atoms with Gasteiger partial charge >= 0.3 is 30.0 Å². The third kappa shape index (κ3) is 7.50. The van der Waals surface area contributed by atoms with Crippen LogP contribution in [-0.2, 0) is 52.3 Å². The van der Waals surface area contributed by atoms with E-state index >= 15 is 4.79 Å². The number of fused-ring (bicyclic) bond motifs is 5. The van der Waals surface area contributed by atoms with Gasteiger partial charge in [-0.1, -0.05) is 76.2 Å². The van der Waals surface area contributed by atoms with Crippen molar-refractivity contribution >= 4 is 35.8 Å². The van der Waals surface area contributed by atoms with Gasteiger partial charge in [0.15, 0.2) is 23.6 Å². The summed E-state index contributed by atoms with van der Waals surface area (Å²) in [6, 6.07) is 15.9. The highest BCUT2D eigenvalue weighted by molar-refractivity contribution is 5.95. The summed E-state index contributed by atoms with van der Waals surface area (Å²) in [6.45, 7) is 19.1. The molecule has 2 aliphatic heterocycles. The summed E-state index contributed by atoms with van der Waals surface area (Å²) in [6.07, 6.45) is -7.70. The topological polar surface area (TPSA) is 190 Å². The van der Waals surface area contributed by atoms with E-state index < -0.39 is 124 Å². The predicted octanol–water partition coefficient (Wildman–Crippen LogP) is 6.59. The minimum Gasteiger partial charge on any atom is -0.456 e. The maximum absolute atomic E-state index is 15.8. The SMILES string of the molecule is CC(=O)O[C@H]1C(=O)[C@@]2(C)C(C(OC(=O)c3ccccc3)[C@]3(O)C[C@H](OC(=O)[C@@H]4OC(C)(C)N(C(=O)OC(C)(C)C)[C@H]4c4ccccc4)C(C)=C1C3(C)C)[C@]1(OC(C)=O)CO[C@@H]1C[C@@H]2C. The van der Waals surface area contributed by atoms with Gasteiger partial charge in [0.2, 0.25) is 0 Å². The van der Waals surface area contributed by atoms with E-state index in [2.05, 4.69) is 0 Å². The van der Waals surface area contributed by atoms with Crippen molar-refractivity contribution in [2.45, 2.75) is 155 Å². The van der Waals surface area contributed by atoms with Crippen molar-refractivity contribution in [3.8, 4) is 0 Å². The van der Waals surface area contributed by atoms with Gasteiger partial charge in [0, 0.05) is 31.1 Å². The number of ether oxygens (including phenoxy) is 7. The van der Waals surface area contributed by atoms with Gasteiger partial charge in [-0.3, -0.25) is 19.3 Å². The van der Waals surface area contributed by atoms with Crippen LogP contribution in [0.5, 0.6) is 0 Å². The highest BCUT2D eigenvalue weighted by atomic mass is 16.6. The van der Waals surface area contributed by atoms with Crippen molar-refractivity contribution in [1.82, 2.24) is 4.90 Å². The van der Waals surface area contributed by atoms with Gasteiger partial charge < -0.3 is 38.3 Å². The summed E-state index contributed by atoms with van der Waals surface area (Å²) >= 11 is 0.